The van der Waals surface area contributed by atoms with Crippen molar-refractivity contribution in [3.8, 4) is 0 Å². The summed E-state index contributed by atoms with van der Waals surface area (Å²) < 4.78 is 5.40. The van der Waals surface area contributed by atoms with Gasteiger partial charge < -0.3 is 25.0 Å². The molecule has 4 aliphatic rings. The summed E-state index contributed by atoms with van der Waals surface area (Å²) in [4.78, 5) is 42.9. The van der Waals surface area contributed by atoms with E-state index in [0.29, 0.717) is 17.9 Å². The van der Waals surface area contributed by atoms with E-state index in [0.717, 1.165) is 32.0 Å². The second-order valence-electron chi connectivity index (χ2n) is 11.4. The average Bonchev–Trinajstić information content (AvgIpc) is 3.38. The van der Waals surface area contributed by atoms with Gasteiger partial charge in [0.15, 0.2) is 5.78 Å². The molecule has 0 spiro atoms. The van der Waals surface area contributed by atoms with Crippen LogP contribution in [0.3, 0.4) is 0 Å². The number of nitrogens with one attached hydrogen (secondary N) is 1. The standard InChI is InChI=1S/C28H39N3O5/c1-17(2)14-22(28(35)31-15-23(32)26-25(31)24(33)16-36-26)29-27(34)20-8-6-18(7-9-20)19-10-12-30(13-11-19)21-4-3-5-21/h6-9,17,19,21-23,25-26,32H,3-5,10-16H2,1-2H3,(H,29,34)/t22?,23-,25-,26-/m1/s1. The first-order valence-electron chi connectivity index (χ1n) is 13.6. The van der Waals surface area contributed by atoms with Crippen LogP contribution in [0.25, 0.3) is 0 Å². The van der Waals surface area contributed by atoms with Crippen molar-refractivity contribution in [1.82, 2.24) is 15.1 Å². The van der Waals surface area contributed by atoms with Gasteiger partial charge in [0.2, 0.25) is 5.91 Å². The Morgan fingerprint density at radius 3 is 2.42 bits per heavy atom. The minimum Gasteiger partial charge on any atom is -0.388 e. The number of benzene rings is 1. The van der Waals surface area contributed by atoms with Gasteiger partial charge in [-0.05, 0) is 74.7 Å². The molecule has 5 rings (SSSR count). The third-order valence-corrected chi connectivity index (χ3v) is 8.52. The molecule has 1 aliphatic carbocycles. The summed E-state index contributed by atoms with van der Waals surface area (Å²) in [6.45, 7) is 6.22. The topological polar surface area (TPSA) is 99.2 Å². The molecular formula is C28H39N3O5. The van der Waals surface area contributed by atoms with Crippen molar-refractivity contribution in [1.29, 1.82) is 0 Å². The number of likely N-dealkylation sites (tertiary alicyclic amines) is 2. The van der Waals surface area contributed by atoms with Gasteiger partial charge in [0.1, 0.15) is 30.9 Å². The lowest BCUT2D eigenvalue weighted by atomic mass is 9.85. The first kappa shape index (κ1) is 25.4. The summed E-state index contributed by atoms with van der Waals surface area (Å²) in [5.41, 5.74) is 1.79. The highest BCUT2D eigenvalue weighted by Gasteiger charge is 2.52. The molecule has 4 fully saturated rings. The Balaban J connectivity index is 1.21. The maximum Gasteiger partial charge on any atom is 0.251 e. The van der Waals surface area contributed by atoms with E-state index in [9.17, 15) is 19.5 Å². The highest BCUT2D eigenvalue weighted by Crippen LogP contribution is 2.33. The molecular weight excluding hydrogens is 458 g/mol. The van der Waals surface area contributed by atoms with Gasteiger partial charge in [-0.2, -0.15) is 0 Å². The van der Waals surface area contributed by atoms with Gasteiger partial charge in [0.05, 0.1) is 6.54 Å². The van der Waals surface area contributed by atoms with Gasteiger partial charge in [0.25, 0.3) is 5.91 Å². The Morgan fingerprint density at radius 2 is 1.81 bits per heavy atom. The molecule has 1 aromatic rings. The maximum absolute atomic E-state index is 13.4. The number of carbonyl (C=O) groups is 3. The lowest BCUT2D eigenvalue weighted by molar-refractivity contribution is -0.138. The molecule has 8 nitrogen and oxygen atoms in total. The fourth-order valence-electron chi connectivity index (χ4n) is 6.25. The van der Waals surface area contributed by atoms with Crippen LogP contribution in [0.1, 0.15) is 74.2 Å². The van der Waals surface area contributed by atoms with Gasteiger partial charge >= 0.3 is 0 Å². The van der Waals surface area contributed by atoms with E-state index in [2.05, 4.69) is 10.2 Å². The van der Waals surface area contributed by atoms with Crippen LogP contribution < -0.4 is 5.32 Å². The van der Waals surface area contributed by atoms with E-state index in [1.165, 1.54) is 29.7 Å². The van der Waals surface area contributed by atoms with Crippen LogP contribution in [0.5, 0.6) is 0 Å². The minimum absolute atomic E-state index is 0.0403. The van der Waals surface area contributed by atoms with Crippen LogP contribution in [-0.4, -0.2) is 89.1 Å². The molecule has 3 heterocycles. The van der Waals surface area contributed by atoms with E-state index in [-0.39, 0.29) is 36.7 Å². The van der Waals surface area contributed by atoms with Crippen LogP contribution in [0.2, 0.25) is 0 Å². The molecule has 196 valence electrons. The van der Waals surface area contributed by atoms with E-state index in [1.54, 1.807) is 0 Å². The number of fused-ring (bicyclic) bond motifs is 1. The third-order valence-electron chi connectivity index (χ3n) is 8.52. The predicted octanol–water partition coefficient (Wildman–Crippen LogP) is 2.10. The molecule has 1 aromatic carbocycles. The summed E-state index contributed by atoms with van der Waals surface area (Å²) in [6.07, 6.45) is 5.24. The van der Waals surface area contributed by atoms with Crippen LogP contribution >= 0.6 is 0 Å². The number of hydrogen-bond acceptors (Lipinski definition) is 6. The maximum atomic E-state index is 13.4. The summed E-state index contributed by atoms with van der Waals surface area (Å²) in [5.74, 6) is -0.155. The number of hydrogen-bond donors (Lipinski definition) is 2. The fraction of sp³-hybridized carbons (Fsp3) is 0.679. The molecule has 3 aliphatic heterocycles. The number of amides is 2. The molecule has 1 unspecified atom stereocenters. The lowest BCUT2D eigenvalue weighted by Crippen LogP contribution is -2.52. The second-order valence-corrected chi connectivity index (χ2v) is 11.4. The van der Waals surface area contributed by atoms with Gasteiger partial charge in [-0.3, -0.25) is 14.4 Å². The zero-order valence-electron chi connectivity index (χ0n) is 21.4. The molecule has 3 saturated heterocycles. The molecule has 0 radical (unpaired) electrons. The van der Waals surface area contributed by atoms with E-state index in [4.69, 9.17) is 4.74 Å². The number of rotatable bonds is 7. The Morgan fingerprint density at radius 1 is 1.11 bits per heavy atom. The van der Waals surface area contributed by atoms with Crippen molar-refractivity contribution in [2.45, 2.75) is 88.6 Å². The molecule has 8 heteroatoms. The van der Waals surface area contributed by atoms with Gasteiger partial charge in [-0.25, -0.2) is 0 Å². The molecule has 0 bridgehead atoms. The number of carbonyl (C=O) groups excluding carboxylic acids is 3. The molecule has 1 saturated carbocycles. The smallest absolute Gasteiger partial charge is 0.251 e. The van der Waals surface area contributed by atoms with Crippen LogP contribution in [0, 0.1) is 5.92 Å². The third kappa shape index (κ3) is 5.08. The Kier molecular flexibility index (Phi) is 7.47. The first-order valence-corrected chi connectivity index (χ1v) is 13.6. The number of Topliss-reactive ketones (excluding diaryl/α,β-unsaturated/α-hetero) is 1. The SMILES string of the molecule is CC(C)CC(NC(=O)c1ccc(C2CCN(C3CCC3)CC2)cc1)C(=O)N1C[C@@H](O)[C@H]2OCC(=O)[C@H]21. The normalized spacial score (nSPS) is 28.3. The minimum atomic E-state index is -0.895. The monoisotopic (exact) mass is 497 g/mol. The zero-order chi connectivity index (χ0) is 25.4. The molecule has 2 N–H and O–H groups in total. The lowest BCUT2D eigenvalue weighted by Gasteiger charge is -2.42. The van der Waals surface area contributed by atoms with Gasteiger partial charge in [-0.1, -0.05) is 32.4 Å². The highest BCUT2D eigenvalue weighted by molar-refractivity contribution is 5.99. The number of ketones is 1. The highest BCUT2D eigenvalue weighted by atomic mass is 16.5. The Bertz CT molecular complexity index is 968. The summed E-state index contributed by atoms with van der Waals surface area (Å²) in [5, 5.41) is 13.2. The van der Waals surface area contributed by atoms with E-state index < -0.39 is 24.3 Å². The van der Waals surface area contributed by atoms with E-state index >= 15 is 0 Å². The Labute approximate surface area is 213 Å². The average molecular weight is 498 g/mol. The largest absolute Gasteiger partial charge is 0.388 e. The summed E-state index contributed by atoms with van der Waals surface area (Å²) in [7, 11) is 0. The van der Waals surface area contributed by atoms with Crippen molar-refractivity contribution in [3.63, 3.8) is 0 Å². The van der Waals surface area contributed by atoms with Crippen molar-refractivity contribution in [3.05, 3.63) is 35.4 Å². The fourth-order valence-corrected chi connectivity index (χ4v) is 6.25. The number of aliphatic hydroxyl groups excluding tert-OH is 1. The first-order chi connectivity index (χ1) is 17.3. The van der Waals surface area contributed by atoms with Gasteiger partial charge in [-0.15, -0.1) is 0 Å². The number of β-amino-alcohol motifs (C(OH)–C–C–N with tert-alkyl or cyclic N) is 1. The number of ether oxygens (including phenoxy) is 1. The summed E-state index contributed by atoms with van der Waals surface area (Å²) >= 11 is 0. The number of piperidine rings is 1. The molecule has 4 atom stereocenters. The molecule has 0 aromatic heterocycles. The van der Waals surface area contributed by atoms with Crippen LogP contribution in [0.15, 0.2) is 24.3 Å². The zero-order valence-corrected chi connectivity index (χ0v) is 21.4. The van der Waals surface area contributed by atoms with Crippen LogP contribution in [0.4, 0.5) is 0 Å². The Hall–Kier alpha value is -2.29. The second kappa shape index (κ2) is 10.6. The van der Waals surface area contributed by atoms with Crippen molar-refractivity contribution in [2.75, 3.05) is 26.2 Å². The molecule has 2 amide bonds. The quantitative estimate of drug-likeness (QED) is 0.599. The van der Waals surface area contributed by atoms with Gasteiger partial charge in [0, 0.05) is 11.6 Å². The predicted molar refractivity (Wildman–Crippen MR) is 135 cm³/mol. The summed E-state index contributed by atoms with van der Waals surface area (Å²) in [6, 6.07) is 7.06. The van der Waals surface area contributed by atoms with Crippen molar-refractivity contribution in [2.24, 2.45) is 5.92 Å². The van der Waals surface area contributed by atoms with E-state index in [1.807, 2.05) is 38.1 Å². The van der Waals surface area contributed by atoms with Crippen LogP contribution in [-0.2, 0) is 14.3 Å². The van der Waals surface area contributed by atoms with Crippen molar-refractivity contribution < 1.29 is 24.2 Å². The molecule has 36 heavy (non-hydrogen) atoms. The number of nitrogens with zero attached hydrogens (tertiary/aromatic N) is 2. The van der Waals surface area contributed by atoms with Crippen molar-refractivity contribution >= 4 is 17.6 Å². The number of aliphatic hydroxyl groups is 1.